The summed E-state index contributed by atoms with van der Waals surface area (Å²) in [4.78, 5) is 16.5. The molecule has 1 saturated heterocycles. The van der Waals surface area contributed by atoms with Gasteiger partial charge in [0.2, 0.25) is 0 Å². The second-order valence-corrected chi connectivity index (χ2v) is 7.25. The molecule has 0 aliphatic carbocycles. The zero-order chi connectivity index (χ0) is 18.6. The van der Waals surface area contributed by atoms with E-state index >= 15 is 0 Å². The third-order valence-corrected chi connectivity index (χ3v) is 5.55. The van der Waals surface area contributed by atoms with E-state index in [1.54, 1.807) is 0 Å². The number of para-hydroxylation sites is 1. The first kappa shape index (κ1) is 17.6. The number of nitrogens with zero attached hydrogens (tertiary/aromatic N) is 1. The number of piperazine rings is 1. The van der Waals surface area contributed by atoms with Gasteiger partial charge in [-0.25, -0.2) is 0 Å². The Morgan fingerprint density at radius 2 is 1.59 bits per heavy atom. The quantitative estimate of drug-likeness (QED) is 0.750. The lowest BCUT2D eigenvalue weighted by atomic mass is 10.1. The molecule has 138 valence electrons. The molecule has 0 bridgehead atoms. The van der Waals surface area contributed by atoms with Crippen molar-refractivity contribution in [2.75, 3.05) is 36.4 Å². The van der Waals surface area contributed by atoms with Gasteiger partial charge in [0.05, 0.1) is 26.2 Å². The van der Waals surface area contributed by atoms with E-state index in [1.807, 2.05) is 37.3 Å². The zero-order valence-corrected chi connectivity index (χ0v) is 15.7. The smallest absolute Gasteiger partial charge is 0.282 e. The molecular formula is C23H26N3O+. The highest BCUT2D eigenvalue weighted by Gasteiger charge is 2.29. The van der Waals surface area contributed by atoms with Crippen LogP contribution in [0.25, 0.3) is 10.8 Å². The van der Waals surface area contributed by atoms with Crippen LogP contribution in [0.4, 0.5) is 11.4 Å². The number of quaternary nitrogens is 1. The minimum atomic E-state index is -0.0607. The molecule has 0 spiro atoms. The Hall–Kier alpha value is -2.85. The van der Waals surface area contributed by atoms with Crippen LogP contribution in [-0.2, 0) is 4.79 Å². The lowest BCUT2D eigenvalue weighted by Gasteiger charge is -2.36. The number of fused-ring (bicyclic) bond motifs is 1. The fourth-order valence-corrected chi connectivity index (χ4v) is 3.83. The summed E-state index contributed by atoms with van der Waals surface area (Å²) in [6, 6.07) is 24.7. The first-order valence-electron chi connectivity index (χ1n) is 9.65. The highest BCUT2D eigenvalue weighted by Crippen LogP contribution is 2.19. The van der Waals surface area contributed by atoms with Crippen molar-refractivity contribution in [2.24, 2.45) is 0 Å². The maximum atomic E-state index is 12.8. The summed E-state index contributed by atoms with van der Waals surface area (Å²) in [7, 11) is 0. The van der Waals surface area contributed by atoms with Gasteiger partial charge in [0.1, 0.15) is 0 Å². The van der Waals surface area contributed by atoms with Crippen LogP contribution < -0.4 is 15.1 Å². The molecule has 1 aliphatic rings. The van der Waals surface area contributed by atoms with Crippen LogP contribution in [0.1, 0.15) is 6.92 Å². The molecule has 0 aromatic heterocycles. The van der Waals surface area contributed by atoms with Crippen LogP contribution in [0.2, 0.25) is 0 Å². The van der Waals surface area contributed by atoms with Crippen LogP contribution in [-0.4, -0.2) is 38.1 Å². The van der Waals surface area contributed by atoms with Gasteiger partial charge in [-0.3, -0.25) is 4.79 Å². The van der Waals surface area contributed by atoms with E-state index in [4.69, 9.17) is 0 Å². The minimum Gasteiger partial charge on any atom is -0.360 e. The Morgan fingerprint density at radius 3 is 2.33 bits per heavy atom. The van der Waals surface area contributed by atoms with Crippen molar-refractivity contribution in [2.45, 2.75) is 13.0 Å². The van der Waals surface area contributed by atoms with Crippen molar-refractivity contribution < 1.29 is 9.69 Å². The molecule has 4 rings (SSSR count). The van der Waals surface area contributed by atoms with Crippen molar-refractivity contribution in [3.63, 3.8) is 0 Å². The number of amides is 1. The molecule has 1 amide bonds. The molecule has 27 heavy (non-hydrogen) atoms. The van der Waals surface area contributed by atoms with Crippen LogP contribution >= 0.6 is 0 Å². The van der Waals surface area contributed by atoms with E-state index < -0.39 is 0 Å². The topological polar surface area (TPSA) is 36.8 Å². The average molecular weight is 360 g/mol. The maximum Gasteiger partial charge on any atom is 0.282 e. The fraction of sp³-hybridized carbons (Fsp3) is 0.261. The van der Waals surface area contributed by atoms with Crippen molar-refractivity contribution in [3.05, 3.63) is 72.8 Å². The van der Waals surface area contributed by atoms with Crippen LogP contribution in [0.3, 0.4) is 0 Å². The molecule has 1 heterocycles. The normalized spacial score (nSPS) is 16.3. The molecule has 4 heteroatoms. The van der Waals surface area contributed by atoms with E-state index in [-0.39, 0.29) is 11.9 Å². The molecule has 4 nitrogen and oxygen atoms in total. The fourth-order valence-electron chi connectivity index (χ4n) is 3.83. The molecular weight excluding hydrogens is 334 g/mol. The van der Waals surface area contributed by atoms with Crippen molar-refractivity contribution >= 4 is 28.1 Å². The Kier molecular flexibility index (Phi) is 5.07. The highest BCUT2D eigenvalue weighted by molar-refractivity contribution is 5.96. The number of carbonyl (C=O) groups is 1. The Morgan fingerprint density at radius 1 is 0.926 bits per heavy atom. The average Bonchev–Trinajstić information content (AvgIpc) is 2.74. The van der Waals surface area contributed by atoms with Gasteiger partial charge in [-0.1, -0.05) is 48.5 Å². The second-order valence-electron chi connectivity index (χ2n) is 7.25. The maximum absolute atomic E-state index is 12.8. The Balaban J connectivity index is 1.36. The van der Waals surface area contributed by atoms with Crippen molar-refractivity contribution in [3.8, 4) is 0 Å². The summed E-state index contributed by atoms with van der Waals surface area (Å²) in [5, 5.41) is 5.43. The molecule has 1 atom stereocenters. The lowest BCUT2D eigenvalue weighted by molar-refractivity contribution is -0.914. The summed E-state index contributed by atoms with van der Waals surface area (Å²) in [6.45, 7) is 5.94. The molecule has 1 aliphatic heterocycles. The number of anilines is 2. The number of benzene rings is 3. The third-order valence-electron chi connectivity index (χ3n) is 5.55. The summed E-state index contributed by atoms with van der Waals surface area (Å²) in [5.41, 5.74) is 2.14. The van der Waals surface area contributed by atoms with Crippen LogP contribution in [0.15, 0.2) is 72.8 Å². The molecule has 0 saturated carbocycles. The summed E-state index contributed by atoms with van der Waals surface area (Å²) in [5.74, 6) is 0.0912. The number of hydrogen-bond acceptors (Lipinski definition) is 2. The monoisotopic (exact) mass is 360 g/mol. The lowest BCUT2D eigenvalue weighted by Crippen LogP contribution is -3.19. The highest BCUT2D eigenvalue weighted by atomic mass is 16.2. The van der Waals surface area contributed by atoms with E-state index in [2.05, 4.69) is 52.7 Å². The van der Waals surface area contributed by atoms with Crippen molar-refractivity contribution in [1.82, 2.24) is 0 Å². The Labute approximate surface area is 160 Å². The van der Waals surface area contributed by atoms with E-state index in [0.717, 1.165) is 37.3 Å². The van der Waals surface area contributed by atoms with Gasteiger partial charge in [-0.2, -0.15) is 0 Å². The molecule has 0 unspecified atom stereocenters. The first-order chi connectivity index (χ1) is 13.2. The largest absolute Gasteiger partial charge is 0.360 e. The summed E-state index contributed by atoms with van der Waals surface area (Å²) in [6.07, 6.45) is 0. The van der Waals surface area contributed by atoms with Gasteiger partial charge in [0.15, 0.2) is 6.04 Å². The molecule has 3 aromatic rings. The van der Waals surface area contributed by atoms with Gasteiger partial charge in [0, 0.05) is 11.4 Å². The Bertz CT molecular complexity index is 917. The van der Waals surface area contributed by atoms with Gasteiger partial charge < -0.3 is 15.1 Å². The van der Waals surface area contributed by atoms with E-state index in [9.17, 15) is 4.79 Å². The zero-order valence-electron chi connectivity index (χ0n) is 15.7. The number of nitrogens with one attached hydrogen (secondary N) is 2. The van der Waals surface area contributed by atoms with Gasteiger partial charge >= 0.3 is 0 Å². The predicted molar refractivity (Wildman–Crippen MR) is 111 cm³/mol. The molecule has 0 radical (unpaired) electrons. The standard InChI is InChI=1S/C23H25N3O/c1-18(25-13-15-26(16-14-25)22-9-3-2-4-10-22)23(27)24-21-12-11-19-7-5-6-8-20(19)17-21/h2-12,17-18H,13-16H2,1H3,(H,24,27)/p+1/t18-/m1/s1. The van der Waals surface area contributed by atoms with Crippen LogP contribution in [0.5, 0.6) is 0 Å². The predicted octanol–water partition coefficient (Wildman–Crippen LogP) is 2.57. The van der Waals surface area contributed by atoms with E-state index in [0.29, 0.717) is 0 Å². The second kappa shape index (κ2) is 7.80. The number of rotatable bonds is 4. The van der Waals surface area contributed by atoms with E-state index in [1.165, 1.54) is 16.0 Å². The molecule has 2 N–H and O–H groups in total. The summed E-state index contributed by atoms with van der Waals surface area (Å²) >= 11 is 0. The third kappa shape index (κ3) is 3.96. The number of carbonyl (C=O) groups excluding carboxylic acids is 1. The molecule has 1 fully saturated rings. The number of hydrogen-bond donors (Lipinski definition) is 2. The summed E-state index contributed by atoms with van der Waals surface area (Å²) < 4.78 is 0. The minimum absolute atomic E-state index is 0.0607. The van der Waals surface area contributed by atoms with Gasteiger partial charge in [-0.05, 0) is 42.0 Å². The van der Waals surface area contributed by atoms with Gasteiger partial charge in [0.25, 0.3) is 5.91 Å². The van der Waals surface area contributed by atoms with Crippen molar-refractivity contribution in [1.29, 1.82) is 0 Å². The van der Waals surface area contributed by atoms with Gasteiger partial charge in [-0.15, -0.1) is 0 Å². The first-order valence-corrected chi connectivity index (χ1v) is 9.65. The SMILES string of the molecule is C[C@H](C(=O)Nc1ccc2ccccc2c1)[NH+]1CCN(c2ccccc2)CC1. The molecule has 3 aromatic carbocycles. The van der Waals surface area contributed by atoms with Crippen LogP contribution in [0, 0.1) is 0 Å².